The van der Waals surface area contributed by atoms with Crippen molar-refractivity contribution in [3.63, 3.8) is 0 Å². The largest absolute Gasteiger partial charge is 0.320 e. The number of nitrogens with two attached hydrogens (primary N) is 1. The Morgan fingerprint density at radius 2 is 1.93 bits per heavy atom. The van der Waals surface area contributed by atoms with Crippen molar-refractivity contribution in [3.8, 4) is 0 Å². The van der Waals surface area contributed by atoms with Crippen LogP contribution in [0.4, 0.5) is 0 Å². The molecule has 0 radical (unpaired) electrons. The van der Waals surface area contributed by atoms with Gasteiger partial charge in [-0.05, 0) is 25.0 Å². The fourth-order valence-electron chi connectivity index (χ4n) is 1.62. The third-order valence-electron chi connectivity index (χ3n) is 2.79. The van der Waals surface area contributed by atoms with Crippen LogP contribution in [-0.4, -0.2) is 10.2 Å². The average molecular weight is 185 g/mol. The average Bonchev–Trinajstić information content (AvgIpc) is 2.97. The number of rotatable bonds is 1. The van der Waals surface area contributed by atoms with Gasteiger partial charge in [0.05, 0.1) is 16.7 Å². The van der Waals surface area contributed by atoms with E-state index in [1.54, 1.807) is 0 Å². The SMILES string of the molecule is NC1(c2cc3ccccc3nn2)CC1. The van der Waals surface area contributed by atoms with Crippen LogP contribution in [0.3, 0.4) is 0 Å². The normalized spacial score (nSPS) is 18.4. The Hall–Kier alpha value is -1.48. The summed E-state index contributed by atoms with van der Waals surface area (Å²) in [6.07, 6.45) is 2.06. The smallest absolute Gasteiger partial charge is 0.0929 e. The zero-order valence-electron chi connectivity index (χ0n) is 7.77. The summed E-state index contributed by atoms with van der Waals surface area (Å²) >= 11 is 0. The molecule has 0 aliphatic heterocycles. The van der Waals surface area contributed by atoms with Gasteiger partial charge in [0.25, 0.3) is 0 Å². The summed E-state index contributed by atoms with van der Waals surface area (Å²) in [7, 11) is 0. The highest BCUT2D eigenvalue weighted by molar-refractivity contribution is 5.78. The van der Waals surface area contributed by atoms with E-state index >= 15 is 0 Å². The number of aromatic nitrogens is 2. The monoisotopic (exact) mass is 185 g/mol. The predicted molar refractivity (Wildman–Crippen MR) is 54.6 cm³/mol. The summed E-state index contributed by atoms with van der Waals surface area (Å²) in [5, 5.41) is 9.44. The minimum Gasteiger partial charge on any atom is -0.320 e. The van der Waals surface area contributed by atoms with Crippen LogP contribution >= 0.6 is 0 Å². The number of hydrogen-bond donors (Lipinski definition) is 1. The molecule has 2 aromatic rings. The van der Waals surface area contributed by atoms with Crippen LogP contribution in [0.1, 0.15) is 18.5 Å². The van der Waals surface area contributed by atoms with Gasteiger partial charge in [0.15, 0.2) is 0 Å². The van der Waals surface area contributed by atoms with Gasteiger partial charge in [0.1, 0.15) is 0 Å². The second-order valence-corrected chi connectivity index (χ2v) is 3.94. The minimum absolute atomic E-state index is 0.184. The molecule has 0 saturated heterocycles. The van der Waals surface area contributed by atoms with E-state index in [2.05, 4.69) is 16.3 Å². The lowest BCUT2D eigenvalue weighted by Crippen LogP contribution is -2.20. The number of hydrogen-bond acceptors (Lipinski definition) is 3. The summed E-state index contributed by atoms with van der Waals surface area (Å²) in [6.45, 7) is 0. The lowest BCUT2D eigenvalue weighted by molar-refractivity contribution is 0.692. The van der Waals surface area contributed by atoms with Gasteiger partial charge in [-0.3, -0.25) is 0 Å². The van der Waals surface area contributed by atoms with Crippen molar-refractivity contribution in [1.82, 2.24) is 10.2 Å². The van der Waals surface area contributed by atoms with E-state index in [9.17, 15) is 0 Å². The van der Waals surface area contributed by atoms with Gasteiger partial charge in [-0.25, -0.2) is 0 Å². The fraction of sp³-hybridized carbons (Fsp3) is 0.273. The van der Waals surface area contributed by atoms with E-state index in [-0.39, 0.29) is 5.54 Å². The highest BCUT2D eigenvalue weighted by atomic mass is 15.1. The molecular formula is C11H11N3. The molecule has 3 rings (SSSR count). The lowest BCUT2D eigenvalue weighted by atomic mass is 10.1. The van der Waals surface area contributed by atoms with Crippen LogP contribution in [0, 0.1) is 0 Å². The molecule has 1 saturated carbocycles. The first-order valence-corrected chi connectivity index (χ1v) is 4.80. The number of benzene rings is 1. The molecule has 0 unspecified atom stereocenters. The molecule has 1 aliphatic carbocycles. The zero-order valence-corrected chi connectivity index (χ0v) is 7.77. The van der Waals surface area contributed by atoms with Crippen molar-refractivity contribution < 1.29 is 0 Å². The summed E-state index contributed by atoms with van der Waals surface area (Å²) in [5.74, 6) is 0. The second kappa shape index (κ2) is 2.51. The molecule has 0 amide bonds. The van der Waals surface area contributed by atoms with E-state index in [4.69, 9.17) is 5.73 Å². The van der Waals surface area contributed by atoms with Gasteiger partial charge in [0, 0.05) is 5.39 Å². The fourth-order valence-corrected chi connectivity index (χ4v) is 1.62. The van der Waals surface area contributed by atoms with Gasteiger partial charge in [-0.15, -0.1) is 0 Å². The maximum atomic E-state index is 6.06. The molecule has 1 aromatic heterocycles. The Labute approximate surface area is 81.9 Å². The molecule has 2 N–H and O–H groups in total. The van der Waals surface area contributed by atoms with Crippen LogP contribution < -0.4 is 5.73 Å². The summed E-state index contributed by atoms with van der Waals surface area (Å²) in [6, 6.07) is 10.0. The molecule has 1 aliphatic rings. The van der Waals surface area contributed by atoms with Crippen molar-refractivity contribution in [2.75, 3.05) is 0 Å². The number of nitrogens with zero attached hydrogens (tertiary/aromatic N) is 2. The molecule has 14 heavy (non-hydrogen) atoms. The van der Waals surface area contributed by atoms with Crippen molar-refractivity contribution in [2.24, 2.45) is 5.73 Å². The second-order valence-electron chi connectivity index (χ2n) is 3.94. The highest BCUT2D eigenvalue weighted by Crippen LogP contribution is 2.41. The Morgan fingerprint density at radius 1 is 1.14 bits per heavy atom. The molecule has 0 atom stereocenters. The molecule has 1 fully saturated rings. The first kappa shape index (κ1) is 7.88. The van der Waals surface area contributed by atoms with Gasteiger partial charge in [0.2, 0.25) is 0 Å². The van der Waals surface area contributed by atoms with E-state index in [0.29, 0.717) is 0 Å². The lowest BCUT2D eigenvalue weighted by Gasteiger charge is -2.07. The van der Waals surface area contributed by atoms with Crippen LogP contribution in [0.25, 0.3) is 10.9 Å². The van der Waals surface area contributed by atoms with Gasteiger partial charge in [-0.2, -0.15) is 10.2 Å². The summed E-state index contributed by atoms with van der Waals surface area (Å²) in [4.78, 5) is 0. The first-order valence-electron chi connectivity index (χ1n) is 4.80. The van der Waals surface area contributed by atoms with E-state index in [0.717, 1.165) is 29.4 Å². The maximum absolute atomic E-state index is 6.06. The highest BCUT2D eigenvalue weighted by Gasteiger charge is 2.41. The first-order chi connectivity index (χ1) is 6.78. The molecule has 0 spiro atoms. The zero-order chi connectivity index (χ0) is 9.60. The van der Waals surface area contributed by atoms with Crippen LogP contribution in [-0.2, 0) is 5.54 Å². The van der Waals surface area contributed by atoms with Crippen molar-refractivity contribution in [2.45, 2.75) is 18.4 Å². The summed E-state index contributed by atoms with van der Waals surface area (Å²) < 4.78 is 0. The maximum Gasteiger partial charge on any atom is 0.0929 e. The molecule has 0 bridgehead atoms. The van der Waals surface area contributed by atoms with E-state index in [1.807, 2.05) is 24.3 Å². The van der Waals surface area contributed by atoms with Crippen LogP contribution in [0.15, 0.2) is 30.3 Å². The molecule has 1 heterocycles. The van der Waals surface area contributed by atoms with Crippen molar-refractivity contribution in [1.29, 1.82) is 0 Å². The molecule has 3 nitrogen and oxygen atoms in total. The third-order valence-corrected chi connectivity index (χ3v) is 2.79. The molecule has 3 heteroatoms. The Balaban J connectivity index is 2.20. The van der Waals surface area contributed by atoms with Crippen LogP contribution in [0.2, 0.25) is 0 Å². The standard InChI is InChI=1S/C11H11N3/c12-11(5-6-11)10-7-8-3-1-2-4-9(8)13-14-10/h1-4,7H,5-6,12H2. The third kappa shape index (κ3) is 1.09. The molecular weight excluding hydrogens is 174 g/mol. The van der Waals surface area contributed by atoms with Gasteiger partial charge in [-0.1, -0.05) is 18.2 Å². The van der Waals surface area contributed by atoms with Gasteiger partial charge >= 0.3 is 0 Å². The van der Waals surface area contributed by atoms with E-state index < -0.39 is 0 Å². The predicted octanol–water partition coefficient (Wildman–Crippen LogP) is 1.58. The van der Waals surface area contributed by atoms with Crippen LogP contribution in [0.5, 0.6) is 0 Å². The van der Waals surface area contributed by atoms with E-state index in [1.165, 1.54) is 0 Å². The minimum atomic E-state index is -0.184. The van der Waals surface area contributed by atoms with Crippen molar-refractivity contribution in [3.05, 3.63) is 36.0 Å². The Bertz CT molecular complexity index is 489. The molecule has 70 valence electrons. The van der Waals surface area contributed by atoms with Gasteiger partial charge < -0.3 is 5.73 Å². The Morgan fingerprint density at radius 3 is 2.71 bits per heavy atom. The quantitative estimate of drug-likeness (QED) is 0.733. The number of fused-ring (bicyclic) bond motifs is 1. The summed E-state index contributed by atoms with van der Waals surface area (Å²) in [5.41, 5.74) is 7.73. The van der Waals surface area contributed by atoms with Crippen molar-refractivity contribution >= 4 is 10.9 Å². The topological polar surface area (TPSA) is 51.8 Å². The molecule has 1 aromatic carbocycles. The Kier molecular flexibility index (Phi) is 1.42.